The lowest BCUT2D eigenvalue weighted by molar-refractivity contribution is 0.0920. The molecule has 2 heterocycles. The van der Waals surface area contributed by atoms with E-state index in [1.807, 2.05) is 24.6 Å². The van der Waals surface area contributed by atoms with Crippen LogP contribution in [0.5, 0.6) is 5.75 Å². The highest BCUT2D eigenvalue weighted by atomic mass is 19.2. The second kappa shape index (κ2) is 9.02. The molecule has 0 bridgehead atoms. The van der Waals surface area contributed by atoms with Crippen LogP contribution in [-0.4, -0.2) is 22.2 Å². The van der Waals surface area contributed by atoms with E-state index < -0.39 is 41.5 Å². The average molecular weight is 425 g/mol. The summed E-state index contributed by atoms with van der Waals surface area (Å²) in [6, 6.07) is 4.76. The minimum atomic E-state index is -1.65. The molecule has 0 fully saturated rings. The van der Waals surface area contributed by atoms with E-state index in [9.17, 15) is 22.4 Å². The number of benzene rings is 1. The molecule has 0 atom stereocenters. The van der Waals surface area contributed by atoms with Gasteiger partial charge in [-0.05, 0) is 38.5 Å². The maximum atomic E-state index is 13.6. The van der Waals surface area contributed by atoms with E-state index in [0.29, 0.717) is 19.5 Å². The molecule has 6 nitrogen and oxygen atoms in total. The zero-order valence-electron chi connectivity index (χ0n) is 16.3. The van der Waals surface area contributed by atoms with Crippen LogP contribution < -0.4 is 10.1 Å². The highest BCUT2D eigenvalue weighted by Gasteiger charge is 2.21. The van der Waals surface area contributed by atoms with Crippen molar-refractivity contribution in [2.45, 2.75) is 33.4 Å². The normalized spacial score (nSPS) is 11.0. The predicted molar refractivity (Wildman–Crippen MR) is 98.0 cm³/mol. The Hall–Kier alpha value is -3.30. The van der Waals surface area contributed by atoms with Gasteiger partial charge in [0.2, 0.25) is 11.6 Å². The molecule has 2 aromatic heterocycles. The third-order valence-electron chi connectivity index (χ3n) is 4.25. The van der Waals surface area contributed by atoms with E-state index in [2.05, 4.69) is 10.4 Å². The number of aromatic nitrogens is 2. The Morgan fingerprint density at radius 3 is 2.47 bits per heavy atom. The monoisotopic (exact) mass is 425 g/mol. The van der Waals surface area contributed by atoms with E-state index in [4.69, 9.17) is 9.15 Å². The van der Waals surface area contributed by atoms with Crippen molar-refractivity contribution in [2.75, 3.05) is 6.54 Å². The van der Waals surface area contributed by atoms with Crippen molar-refractivity contribution in [3.8, 4) is 5.75 Å². The van der Waals surface area contributed by atoms with Crippen LogP contribution in [-0.2, 0) is 13.2 Å². The number of carbonyl (C=O) groups is 1. The quantitative estimate of drug-likeness (QED) is 0.336. The summed E-state index contributed by atoms with van der Waals surface area (Å²) in [7, 11) is 0. The van der Waals surface area contributed by atoms with Gasteiger partial charge in [0.15, 0.2) is 23.1 Å². The molecule has 0 aliphatic heterocycles. The third-order valence-corrected chi connectivity index (χ3v) is 4.25. The fourth-order valence-corrected chi connectivity index (χ4v) is 2.82. The van der Waals surface area contributed by atoms with Crippen molar-refractivity contribution in [3.05, 3.63) is 70.4 Å². The van der Waals surface area contributed by atoms with Gasteiger partial charge in [0, 0.05) is 24.8 Å². The molecule has 3 aromatic rings. The van der Waals surface area contributed by atoms with Crippen LogP contribution in [0.15, 0.2) is 28.7 Å². The van der Waals surface area contributed by atoms with E-state index in [-0.39, 0.29) is 17.6 Å². The number of furan rings is 1. The van der Waals surface area contributed by atoms with Crippen LogP contribution in [0.2, 0.25) is 0 Å². The topological polar surface area (TPSA) is 69.3 Å². The molecule has 0 aliphatic rings. The Balaban J connectivity index is 1.51. The fraction of sp³-hybridized carbons (Fsp3) is 0.300. The number of hydrogen-bond acceptors (Lipinski definition) is 4. The molecule has 0 aliphatic carbocycles. The Morgan fingerprint density at radius 2 is 1.83 bits per heavy atom. The molecule has 0 radical (unpaired) electrons. The van der Waals surface area contributed by atoms with Crippen molar-refractivity contribution in [2.24, 2.45) is 0 Å². The molecule has 3 rings (SSSR count). The van der Waals surface area contributed by atoms with Crippen molar-refractivity contribution in [1.82, 2.24) is 15.1 Å². The number of carbonyl (C=O) groups excluding carboxylic acids is 1. The van der Waals surface area contributed by atoms with Gasteiger partial charge in [-0.2, -0.15) is 13.9 Å². The molecule has 0 spiro atoms. The number of nitrogens with one attached hydrogen (secondary N) is 1. The number of aryl methyl sites for hydroxylation is 3. The van der Waals surface area contributed by atoms with Gasteiger partial charge in [-0.3, -0.25) is 9.48 Å². The molecule has 1 aromatic carbocycles. The molecular formula is C20H19F4N3O3. The highest BCUT2D eigenvalue weighted by molar-refractivity contribution is 5.91. The fourth-order valence-electron chi connectivity index (χ4n) is 2.82. The number of rotatable bonds is 8. The summed E-state index contributed by atoms with van der Waals surface area (Å²) in [5.41, 5.74) is 1.95. The first-order chi connectivity index (χ1) is 14.3. The Bertz CT molecular complexity index is 1040. The van der Waals surface area contributed by atoms with E-state index >= 15 is 0 Å². The van der Waals surface area contributed by atoms with Gasteiger partial charge >= 0.3 is 0 Å². The standard InChI is InChI=1S/C20H19F4N3O3/c1-11-8-12(2)27(26-11)7-3-6-25-20(28)16-5-4-13(30-16)10-29-19-17(23)14(21)9-15(22)18(19)24/h4-5,8-9H,3,6-7,10H2,1-2H3,(H,25,28). The third kappa shape index (κ3) is 4.81. The summed E-state index contributed by atoms with van der Waals surface area (Å²) in [5.74, 6) is -8.13. The van der Waals surface area contributed by atoms with Gasteiger partial charge in [-0.15, -0.1) is 0 Å². The van der Waals surface area contributed by atoms with Crippen LogP contribution in [0.25, 0.3) is 0 Å². The van der Waals surface area contributed by atoms with Crippen molar-refractivity contribution >= 4 is 5.91 Å². The van der Waals surface area contributed by atoms with Crippen LogP contribution in [0, 0.1) is 37.1 Å². The van der Waals surface area contributed by atoms with Crippen molar-refractivity contribution in [3.63, 3.8) is 0 Å². The van der Waals surface area contributed by atoms with E-state index in [1.165, 1.54) is 12.1 Å². The van der Waals surface area contributed by atoms with Gasteiger partial charge in [0.25, 0.3) is 5.91 Å². The lowest BCUT2D eigenvalue weighted by Crippen LogP contribution is -2.25. The van der Waals surface area contributed by atoms with Crippen molar-refractivity contribution < 1.29 is 31.5 Å². The second-order valence-electron chi connectivity index (χ2n) is 6.61. The number of halogens is 4. The minimum absolute atomic E-state index is 0.0360. The zero-order valence-corrected chi connectivity index (χ0v) is 16.3. The van der Waals surface area contributed by atoms with Gasteiger partial charge in [0.05, 0.1) is 5.69 Å². The van der Waals surface area contributed by atoms with Gasteiger partial charge < -0.3 is 14.5 Å². The molecule has 1 N–H and O–H groups in total. The van der Waals surface area contributed by atoms with Gasteiger partial charge in [-0.25, -0.2) is 8.78 Å². The van der Waals surface area contributed by atoms with Crippen LogP contribution in [0.3, 0.4) is 0 Å². The van der Waals surface area contributed by atoms with Gasteiger partial charge in [0.1, 0.15) is 12.4 Å². The average Bonchev–Trinajstić information content (AvgIpc) is 3.29. The van der Waals surface area contributed by atoms with E-state index in [1.54, 1.807) is 0 Å². The molecule has 0 unspecified atom stereocenters. The number of hydrogen-bond donors (Lipinski definition) is 1. The Kier molecular flexibility index (Phi) is 6.43. The highest BCUT2D eigenvalue weighted by Crippen LogP contribution is 2.27. The Morgan fingerprint density at radius 1 is 1.13 bits per heavy atom. The molecule has 30 heavy (non-hydrogen) atoms. The summed E-state index contributed by atoms with van der Waals surface area (Å²) in [6.45, 7) is 4.33. The lowest BCUT2D eigenvalue weighted by Gasteiger charge is -2.08. The first-order valence-electron chi connectivity index (χ1n) is 9.10. The molecule has 1 amide bonds. The van der Waals surface area contributed by atoms with Crippen molar-refractivity contribution in [1.29, 1.82) is 0 Å². The summed E-state index contributed by atoms with van der Waals surface area (Å²) in [5, 5.41) is 7.01. The van der Waals surface area contributed by atoms with E-state index in [0.717, 1.165) is 11.4 Å². The summed E-state index contributed by atoms with van der Waals surface area (Å²) < 4.78 is 65.5. The van der Waals surface area contributed by atoms with Gasteiger partial charge in [-0.1, -0.05) is 0 Å². The molecule has 10 heteroatoms. The molecule has 0 saturated heterocycles. The summed E-state index contributed by atoms with van der Waals surface area (Å²) in [6.07, 6.45) is 0.647. The first-order valence-corrected chi connectivity index (χ1v) is 9.10. The van der Waals surface area contributed by atoms with Crippen LogP contribution in [0.4, 0.5) is 17.6 Å². The largest absolute Gasteiger partial charge is 0.479 e. The zero-order chi connectivity index (χ0) is 21.8. The summed E-state index contributed by atoms with van der Waals surface area (Å²) in [4.78, 5) is 12.1. The molecule has 0 saturated carbocycles. The minimum Gasteiger partial charge on any atom is -0.479 e. The maximum Gasteiger partial charge on any atom is 0.286 e. The second-order valence-corrected chi connectivity index (χ2v) is 6.61. The maximum absolute atomic E-state index is 13.6. The predicted octanol–water partition coefficient (Wildman–Crippen LogP) is 4.05. The number of amides is 1. The molecular weight excluding hydrogens is 406 g/mol. The lowest BCUT2D eigenvalue weighted by atomic mass is 10.3. The summed E-state index contributed by atoms with van der Waals surface area (Å²) >= 11 is 0. The number of ether oxygens (including phenoxy) is 1. The first kappa shape index (κ1) is 21.4. The molecule has 160 valence electrons. The van der Waals surface area contributed by atoms with Crippen LogP contribution in [0.1, 0.15) is 34.1 Å². The smallest absolute Gasteiger partial charge is 0.286 e. The Labute approximate surface area is 169 Å². The SMILES string of the molecule is Cc1cc(C)n(CCCNC(=O)c2ccc(COc3c(F)c(F)cc(F)c3F)o2)n1. The van der Waals surface area contributed by atoms with Crippen LogP contribution >= 0.6 is 0 Å². The number of nitrogens with zero attached hydrogens (tertiary/aromatic N) is 2.